The maximum Gasteiger partial charge on any atom is 0.311 e. The van der Waals surface area contributed by atoms with Crippen molar-refractivity contribution in [1.82, 2.24) is 9.80 Å². The summed E-state index contributed by atoms with van der Waals surface area (Å²) < 4.78 is 4.77. The third-order valence-corrected chi connectivity index (χ3v) is 9.62. The second-order valence-electron chi connectivity index (χ2n) is 10.7. The zero-order valence-electron chi connectivity index (χ0n) is 21.0. The van der Waals surface area contributed by atoms with Crippen LogP contribution in [0.5, 0.6) is 0 Å². The van der Waals surface area contributed by atoms with Gasteiger partial charge in [-0.1, -0.05) is 25.7 Å². The number of carbonyl (C=O) groups is 3. The molecule has 190 valence electrons. The second kappa shape index (κ2) is 10.4. The van der Waals surface area contributed by atoms with Gasteiger partial charge in [0.2, 0.25) is 11.8 Å². The molecule has 0 aromatic rings. The molecule has 3 rings (SSSR count). The molecule has 1 N–H and O–H groups in total. The summed E-state index contributed by atoms with van der Waals surface area (Å²) >= 11 is 1.66. The number of amides is 2. The Bertz CT molecular complexity index is 824. The highest BCUT2D eigenvalue weighted by Gasteiger charge is 2.76. The average Bonchev–Trinajstić information content (AvgIpc) is 3.36. The molecule has 3 saturated heterocycles. The van der Waals surface area contributed by atoms with Crippen molar-refractivity contribution in [2.75, 3.05) is 26.3 Å². The molecule has 1 spiro atoms. The Kier molecular flexibility index (Phi) is 8.23. The van der Waals surface area contributed by atoms with Crippen LogP contribution in [0.2, 0.25) is 0 Å². The molecular weight excluding hydrogens is 452 g/mol. The summed E-state index contributed by atoms with van der Waals surface area (Å²) in [5.41, 5.74) is -0.446. The van der Waals surface area contributed by atoms with Gasteiger partial charge in [-0.2, -0.15) is 0 Å². The number of carbonyl (C=O) groups excluding carboxylic acids is 3. The van der Waals surface area contributed by atoms with Crippen molar-refractivity contribution in [1.29, 1.82) is 0 Å². The summed E-state index contributed by atoms with van der Waals surface area (Å²) in [5, 5.41) is 9.14. The van der Waals surface area contributed by atoms with Crippen molar-refractivity contribution in [3.63, 3.8) is 0 Å². The van der Waals surface area contributed by atoms with E-state index in [1.807, 2.05) is 20.8 Å². The fourth-order valence-electron chi connectivity index (χ4n) is 6.09. The molecule has 2 bridgehead atoms. The molecule has 0 aromatic carbocycles. The number of aliphatic hydroxyl groups is 1. The number of nitrogens with zero attached hydrogens (tertiary/aromatic N) is 2. The van der Waals surface area contributed by atoms with Gasteiger partial charge in [-0.05, 0) is 52.4 Å². The van der Waals surface area contributed by atoms with Crippen LogP contribution in [0.15, 0.2) is 25.3 Å². The molecule has 3 unspecified atom stereocenters. The molecule has 2 amide bonds. The van der Waals surface area contributed by atoms with Crippen LogP contribution in [-0.4, -0.2) is 80.6 Å². The number of aliphatic hydroxyl groups excluding tert-OH is 1. The highest BCUT2D eigenvalue weighted by atomic mass is 32.2. The molecular formula is C26H40N2O5S. The van der Waals surface area contributed by atoms with Crippen molar-refractivity contribution in [3.8, 4) is 0 Å². The van der Waals surface area contributed by atoms with Gasteiger partial charge in [0.05, 0.1) is 16.6 Å². The number of ether oxygens (including phenoxy) is 1. The summed E-state index contributed by atoms with van der Waals surface area (Å²) in [6, 6.07) is -0.638. The van der Waals surface area contributed by atoms with Crippen LogP contribution in [0.4, 0.5) is 0 Å². The normalized spacial score (nSPS) is 32.0. The van der Waals surface area contributed by atoms with Crippen LogP contribution in [-0.2, 0) is 19.1 Å². The smallest absolute Gasteiger partial charge is 0.311 e. The van der Waals surface area contributed by atoms with E-state index >= 15 is 0 Å². The van der Waals surface area contributed by atoms with E-state index in [0.29, 0.717) is 25.9 Å². The zero-order valence-corrected chi connectivity index (χ0v) is 21.8. The van der Waals surface area contributed by atoms with Crippen LogP contribution >= 0.6 is 11.8 Å². The van der Waals surface area contributed by atoms with Crippen LogP contribution < -0.4 is 0 Å². The van der Waals surface area contributed by atoms with E-state index in [1.54, 1.807) is 27.6 Å². The highest BCUT2D eigenvalue weighted by molar-refractivity contribution is 8.02. The third-order valence-electron chi connectivity index (χ3n) is 7.54. The highest BCUT2D eigenvalue weighted by Crippen LogP contribution is 2.68. The first-order chi connectivity index (χ1) is 16.1. The molecule has 0 saturated carbocycles. The zero-order chi connectivity index (χ0) is 25.3. The van der Waals surface area contributed by atoms with Gasteiger partial charge < -0.3 is 19.6 Å². The largest absolute Gasteiger partial charge is 0.461 e. The molecule has 3 aliphatic rings. The topological polar surface area (TPSA) is 87.1 Å². The molecule has 0 radical (unpaired) electrons. The van der Waals surface area contributed by atoms with Crippen molar-refractivity contribution >= 4 is 29.5 Å². The molecule has 7 nitrogen and oxygen atoms in total. The minimum absolute atomic E-state index is 0.0319. The van der Waals surface area contributed by atoms with Gasteiger partial charge >= 0.3 is 5.97 Å². The first-order valence-corrected chi connectivity index (χ1v) is 13.2. The standard InChI is InChI=1S/C26H40N2O5S/c1-7-12-28(25(4,5)6)23(31)21-26-17(3)16-18(34-26)19(24(32)33-15-8-2)20(26)22(30)27(21)13-10-9-11-14-29/h7-8,17-21,29H,1-2,9-16H2,3-6H3/t17?,18-,19+,20+,21?,26?/m1/s1. The Labute approximate surface area is 208 Å². The Hall–Kier alpha value is -1.80. The van der Waals surface area contributed by atoms with E-state index in [2.05, 4.69) is 20.1 Å². The molecule has 3 aliphatic heterocycles. The Morgan fingerprint density at radius 1 is 1.26 bits per heavy atom. The molecule has 3 heterocycles. The predicted molar refractivity (Wildman–Crippen MR) is 134 cm³/mol. The number of hydrogen-bond donors (Lipinski definition) is 1. The lowest BCUT2D eigenvalue weighted by Gasteiger charge is -2.44. The molecule has 34 heavy (non-hydrogen) atoms. The quantitative estimate of drug-likeness (QED) is 0.271. The van der Waals surface area contributed by atoms with Crippen molar-refractivity contribution < 1.29 is 24.2 Å². The van der Waals surface area contributed by atoms with Crippen molar-refractivity contribution in [3.05, 3.63) is 25.3 Å². The van der Waals surface area contributed by atoms with E-state index in [-0.39, 0.29) is 42.2 Å². The van der Waals surface area contributed by atoms with E-state index in [4.69, 9.17) is 4.74 Å². The van der Waals surface area contributed by atoms with E-state index in [1.165, 1.54) is 6.08 Å². The maximum atomic E-state index is 14.2. The Morgan fingerprint density at radius 2 is 1.97 bits per heavy atom. The average molecular weight is 493 g/mol. The lowest BCUT2D eigenvalue weighted by molar-refractivity contribution is -0.153. The number of likely N-dealkylation sites (tertiary alicyclic amines) is 1. The van der Waals surface area contributed by atoms with E-state index in [9.17, 15) is 19.5 Å². The molecule has 0 aliphatic carbocycles. The van der Waals surface area contributed by atoms with E-state index in [0.717, 1.165) is 12.8 Å². The summed E-state index contributed by atoms with van der Waals surface area (Å²) in [7, 11) is 0. The number of rotatable bonds is 11. The maximum absolute atomic E-state index is 14.2. The summed E-state index contributed by atoms with van der Waals surface area (Å²) in [6.07, 6.45) is 6.15. The monoisotopic (exact) mass is 492 g/mol. The number of hydrogen-bond acceptors (Lipinski definition) is 6. The predicted octanol–water partition coefficient (Wildman–Crippen LogP) is 3.03. The van der Waals surface area contributed by atoms with Gasteiger partial charge in [0.15, 0.2) is 0 Å². The molecule has 0 aromatic heterocycles. The summed E-state index contributed by atoms with van der Waals surface area (Å²) in [4.78, 5) is 44.8. The molecule has 3 fully saturated rings. The lowest BCUT2D eigenvalue weighted by Crippen LogP contribution is -2.60. The lowest BCUT2D eigenvalue weighted by atomic mass is 9.66. The Morgan fingerprint density at radius 3 is 2.56 bits per heavy atom. The second-order valence-corrected chi connectivity index (χ2v) is 12.2. The number of unbranched alkanes of at least 4 members (excludes halogenated alkanes) is 2. The van der Waals surface area contributed by atoms with Crippen LogP contribution in [0, 0.1) is 17.8 Å². The summed E-state index contributed by atoms with van der Waals surface area (Å²) in [5.74, 6) is -1.56. The molecule has 6 atom stereocenters. The SMILES string of the molecule is C=CCOC(=O)[C@@H]1[C@H]2C(=O)N(CCCCCO)C(C(=O)N(CC=C)C(C)(C)C)C23S[C@@H]1CC3C. The van der Waals surface area contributed by atoms with Crippen LogP contribution in [0.3, 0.4) is 0 Å². The van der Waals surface area contributed by atoms with Gasteiger partial charge in [0.1, 0.15) is 12.6 Å². The van der Waals surface area contributed by atoms with Gasteiger partial charge in [-0.3, -0.25) is 14.4 Å². The third kappa shape index (κ3) is 4.43. The van der Waals surface area contributed by atoms with Crippen LogP contribution in [0.1, 0.15) is 53.4 Å². The first-order valence-electron chi connectivity index (χ1n) is 12.3. The number of thioether (sulfide) groups is 1. The minimum atomic E-state index is -0.654. The van der Waals surface area contributed by atoms with E-state index < -0.39 is 28.2 Å². The fourth-order valence-corrected chi connectivity index (χ4v) is 8.49. The van der Waals surface area contributed by atoms with Crippen molar-refractivity contribution in [2.24, 2.45) is 17.8 Å². The summed E-state index contributed by atoms with van der Waals surface area (Å²) in [6.45, 7) is 16.6. The number of esters is 1. The fraction of sp³-hybridized carbons (Fsp3) is 0.731. The van der Waals surface area contributed by atoms with Crippen molar-refractivity contribution in [2.45, 2.75) is 75.0 Å². The van der Waals surface area contributed by atoms with Gasteiger partial charge in [-0.25, -0.2) is 0 Å². The first kappa shape index (κ1) is 26.8. The molecule has 8 heteroatoms. The minimum Gasteiger partial charge on any atom is -0.461 e. The van der Waals surface area contributed by atoms with Gasteiger partial charge in [0.25, 0.3) is 0 Å². The van der Waals surface area contributed by atoms with Gasteiger partial charge in [0, 0.05) is 30.5 Å². The number of fused-ring (bicyclic) bond motifs is 1. The van der Waals surface area contributed by atoms with Crippen LogP contribution in [0.25, 0.3) is 0 Å². The van der Waals surface area contributed by atoms with Gasteiger partial charge in [-0.15, -0.1) is 18.3 Å². The Balaban J connectivity index is 2.04.